The zero-order valence-electron chi connectivity index (χ0n) is 20.2. The summed E-state index contributed by atoms with van der Waals surface area (Å²) in [5, 5.41) is 8.61. The predicted octanol–water partition coefficient (Wildman–Crippen LogP) is 3.40. The number of benzene rings is 2. The molecule has 0 spiro atoms. The first kappa shape index (κ1) is 27.3. The molecule has 0 radical (unpaired) electrons. The number of hydrogen-bond donors (Lipinski definition) is 3. The van der Waals surface area contributed by atoms with Crippen LogP contribution in [0, 0.1) is 0 Å². The van der Waals surface area contributed by atoms with Crippen LogP contribution >= 0.6 is 0 Å². The minimum absolute atomic E-state index is 0.0698. The average molecular weight is 510 g/mol. The second-order valence-corrected chi connectivity index (χ2v) is 8.43. The smallest absolute Gasteiger partial charge is 0.420 e. The standard InChI is InChI=1S/C25H30F3N3O5/c1-29-12-3-4-22(32)31-24(11-13-35-16-24)23(33)30-15-17-5-7-18(8-6-17)36-21-10-9-19(34-2)14-20(21)25(26,27)28/h5-10,14,29H,3-4,11-13,15-16H2,1-2H3,(H,30,33)(H,31,32). The van der Waals surface area contributed by atoms with Crippen molar-refractivity contribution in [1.29, 1.82) is 0 Å². The van der Waals surface area contributed by atoms with Gasteiger partial charge in [0.25, 0.3) is 0 Å². The maximum absolute atomic E-state index is 13.4. The molecule has 196 valence electrons. The van der Waals surface area contributed by atoms with E-state index in [0.29, 0.717) is 38.0 Å². The molecule has 0 saturated carbocycles. The monoisotopic (exact) mass is 509 g/mol. The van der Waals surface area contributed by atoms with Gasteiger partial charge in [-0.25, -0.2) is 0 Å². The van der Waals surface area contributed by atoms with Crippen molar-refractivity contribution >= 4 is 11.8 Å². The number of carbonyl (C=O) groups excluding carboxylic acids is 2. The molecule has 1 aliphatic rings. The van der Waals surface area contributed by atoms with Gasteiger partial charge in [0.2, 0.25) is 11.8 Å². The van der Waals surface area contributed by atoms with E-state index in [1.807, 2.05) is 0 Å². The van der Waals surface area contributed by atoms with Crippen molar-refractivity contribution in [3.8, 4) is 17.2 Å². The first-order chi connectivity index (χ1) is 17.2. The number of halogens is 3. The second-order valence-electron chi connectivity index (χ2n) is 8.43. The quantitative estimate of drug-likeness (QED) is 0.402. The number of ether oxygens (including phenoxy) is 3. The van der Waals surface area contributed by atoms with Gasteiger partial charge >= 0.3 is 6.18 Å². The van der Waals surface area contributed by atoms with Crippen LogP contribution in [0.25, 0.3) is 0 Å². The molecule has 8 nitrogen and oxygen atoms in total. The third-order valence-electron chi connectivity index (χ3n) is 5.76. The Bertz CT molecular complexity index is 1040. The van der Waals surface area contributed by atoms with E-state index in [4.69, 9.17) is 14.2 Å². The summed E-state index contributed by atoms with van der Waals surface area (Å²) in [6.07, 6.45) is -3.30. The second kappa shape index (κ2) is 12.1. The summed E-state index contributed by atoms with van der Waals surface area (Å²) >= 11 is 0. The largest absolute Gasteiger partial charge is 0.497 e. The van der Waals surface area contributed by atoms with Gasteiger partial charge in [0, 0.05) is 26.0 Å². The summed E-state index contributed by atoms with van der Waals surface area (Å²) in [6, 6.07) is 9.78. The average Bonchev–Trinajstić information content (AvgIpc) is 3.32. The van der Waals surface area contributed by atoms with E-state index in [1.165, 1.54) is 31.4 Å². The van der Waals surface area contributed by atoms with Gasteiger partial charge in [-0.2, -0.15) is 13.2 Å². The molecule has 3 rings (SSSR count). The number of carbonyl (C=O) groups is 2. The maximum atomic E-state index is 13.4. The number of alkyl halides is 3. The van der Waals surface area contributed by atoms with Crippen LogP contribution in [0.3, 0.4) is 0 Å². The summed E-state index contributed by atoms with van der Waals surface area (Å²) in [5.74, 6) is -0.645. The van der Waals surface area contributed by atoms with Gasteiger partial charge in [0.1, 0.15) is 28.4 Å². The van der Waals surface area contributed by atoms with Crippen LogP contribution in [-0.4, -0.2) is 51.3 Å². The Morgan fingerprint density at radius 2 is 1.83 bits per heavy atom. The molecular formula is C25H30F3N3O5. The molecule has 3 N–H and O–H groups in total. The van der Waals surface area contributed by atoms with E-state index < -0.39 is 17.3 Å². The van der Waals surface area contributed by atoms with Gasteiger partial charge < -0.3 is 30.2 Å². The third-order valence-corrected chi connectivity index (χ3v) is 5.76. The molecule has 2 aromatic rings. The minimum atomic E-state index is -4.61. The van der Waals surface area contributed by atoms with Gasteiger partial charge in [0.05, 0.1) is 13.7 Å². The van der Waals surface area contributed by atoms with Crippen LogP contribution < -0.4 is 25.4 Å². The van der Waals surface area contributed by atoms with E-state index >= 15 is 0 Å². The number of hydrogen-bond acceptors (Lipinski definition) is 6. The SMILES string of the molecule is CNCCCC(=O)NC1(C(=O)NCc2ccc(Oc3ccc(OC)cc3C(F)(F)F)cc2)CCOC1. The summed E-state index contributed by atoms with van der Waals surface area (Å²) in [4.78, 5) is 25.2. The first-order valence-electron chi connectivity index (χ1n) is 11.5. The third kappa shape index (κ3) is 7.11. The van der Waals surface area contributed by atoms with E-state index in [2.05, 4.69) is 16.0 Å². The molecule has 1 unspecified atom stereocenters. The van der Waals surface area contributed by atoms with Crippen LogP contribution in [-0.2, 0) is 27.0 Å². The fourth-order valence-electron chi connectivity index (χ4n) is 3.75. The molecule has 1 atom stereocenters. The lowest BCUT2D eigenvalue weighted by atomic mass is 9.96. The van der Waals surface area contributed by atoms with Crippen LogP contribution in [0.2, 0.25) is 0 Å². The Morgan fingerprint density at radius 1 is 1.11 bits per heavy atom. The Morgan fingerprint density at radius 3 is 2.44 bits per heavy atom. The molecule has 0 aliphatic carbocycles. The maximum Gasteiger partial charge on any atom is 0.420 e. The topological polar surface area (TPSA) is 97.9 Å². The zero-order valence-corrected chi connectivity index (χ0v) is 20.2. The summed E-state index contributed by atoms with van der Waals surface area (Å²) in [7, 11) is 3.09. The molecule has 36 heavy (non-hydrogen) atoms. The molecule has 11 heteroatoms. The lowest BCUT2D eigenvalue weighted by Crippen LogP contribution is -2.59. The van der Waals surface area contributed by atoms with Crippen molar-refractivity contribution in [2.75, 3.05) is 33.9 Å². The molecule has 2 aromatic carbocycles. The number of nitrogens with one attached hydrogen (secondary N) is 3. The van der Waals surface area contributed by atoms with Crippen LogP contribution in [0.5, 0.6) is 17.2 Å². The normalized spacial score (nSPS) is 17.5. The number of rotatable bonds is 11. The molecular weight excluding hydrogens is 479 g/mol. The molecule has 0 aromatic heterocycles. The summed E-state index contributed by atoms with van der Waals surface area (Å²) in [5.41, 5.74) is -1.37. The van der Waals surface area contributed by atoms with E-state index in [-0.39, 0.29) is 42.2 Å². The first-order valence-corrected chi connectivity index (χ1v) is 11.5. The van der Waals surface area contributed by atoms with Crippen LogP contribution in [0.1, 0.15) is 30.4 Å². The molecule has 0 bridgehead atoms. The summed E-state index contributed by atoms with van der Waals surface area (Å²) in [6.45, 7) is 1.31. The Balaban J connectivity index is 1.61. The molecule has 1 aliphatic heterocycles. The Kier molecular flexibility index (Phi) is 9.16. The highest BCUT2D eigenvalue weighted by Crippen LogP contribution is 2.40. The highest BCUT2D eigenvalue weighted by atomic mass is 19.4. The van der Waals surface area contributed by atoms with E-state index in [0.717, 1.165) is 6.07 Å². The van der Waals surface area contributed by atoms with E-state index in [9.17, 15) is 22.8 Å². The van der Waals surface area contributed by atoms with Crippen LogP contribution in [0.15, 0.2) is 42.5 Å². The van der Waals surface area contributed by atoms with Gasteiger partial charge in [0.15, 0.2) is 0 Å². The lowest BCUT2D eigenvalue weighted by molar-refractivity contribution is -0.138. The molecule has 2 amide bonds. The van der Waals surface area contributed by atoms with Crippen molar-refractivity contribution in [1.82, 2.24) is 16.0 Å². The highest BCUT2D eigenvalue weighted by molar-refractivity contribution is 5.92. The molecule has 1 fully saturated rings. The Labute approximate surface area is 207 Å². The van der Waals surface area contributed by atoms with Crippen molar-refractivity contribution in [3.63, 3.8) is 0 Å². The summed E-state index contributed by atoms with van der Waals surface area (Å²) < 4.78 is 56.0. The lowest BCUT2D eigenvalue weighted by Gasteiger charge is -2.27. The van der Waals surface area contributed by atoms with Gasteiger partial charge in [-0.1, -0.05) is 12.1 Å². The van der Waals surface area contributed by atoms with Gasteiger partial charge in [-0.3, -0.25) is 9.59 Å². The van der Waals surface area contributed by atoms with Crippen molar-refractivity contribution in [2.45, 2.75) is 37.5 Å². The fraction of sp³-hybridized carbons (Fsp3) is 0.440. The predicted molar refractivity (Wildman–Crippen MR) is 126 cm³/mol. The molecule has 1 saturated heterocycles. The van der Waals surface area contributed by atoms with Crippen molar-refractivity contribution < 1.29 is 37.0 Å². The van der Waals surface area contributed by atoms with Crippen molar-refractivity contribution in [2.24, 2.45) is 0 Å². The molecule has 1 heterocycles. The Hall–Kier alpha value is -3.31. The minimum Gasteiger partial charge on any atom is -0.497 e. The zero-order chi connectivity index (χ0) is 26.2. The van der Waals surface area contributed by atoms with Crippen LogP contribution in [0.4, 0.5) is 13.2 Å². The highest BCUT2D eigenvalue weighted by Gasteiger charge is 2.43. The van der Waals surface area contributed by atoms with E-state index in [1.54, 1.807) is 19.2 Å². The van der Waals surface area contributed by atoms with Gasteiger partial charge in [-0.05, 0) is 55.9 Å². The number of amides is 2. The van der Waals surface area contributed by atoms with Crippen molar-refractivity contribution in [3.05, 3.63) is 53.6 Å². The fourth-order valence-corrected chi connectivity index (χ4v) is 3.75. The van der Waals surface area contributed by atoms with Gasteiger partial charge in [-0.15, -0.1) is 0 Å². The number of methoxy groups -OCH3 is 1.